The Morgan fingerprint density at radius 1 is 1.32 bits per heavy atom. The van der Waals surface area contributed by atoms with Crippen molar-refractivity contribution in [3.8, 4) is 0 Å². The molecule has 19 heavy (non-hydrogen) atoms. The van der Waals surface area contributed by atoms with Gasteiger partial charge in [-0.3, -0.25) is 4.90 Å². The van der Waals surface area contributed by atoms with E-state index >= 15 is 0 Å². The maximum Gasteiger partial charge on any atom is 0.0630 e. The molecule has 0 aromatic rings. The lowest BCUT2D eigenvalue weighted by Crippen LogP contribution is -2.49. The van der Waals surface area contributed by atoms with Gasteiger partial charge in [0.05, 0.1) is 6.61 Å². The molecule has 0 amide bonds. The molecule has 0 radical (unpaired) electrons. The van der Waals surface area contributed by atoms with Gasteiger partial charge in [0.1, 0.15) is 0 Å². The molecule has 0 bridgehead atoms. The van der Waals surface area contributed by atoms with Crippen LogP contribution in [-0.4, -0.2) is 74.9 Å². The summed E-state index contributed by atoms with van der Waals surface area (Å²) in [4.78, 5) is 4.93. The molecule has 1 rings (SSSR count). The van der Waals surface area contributed by atoms with Gasteiger partial charge in [-0.25, -0.2) is 0 Å². The number of nitrogens with one attached hydrogen (secondary N) is 1. The SMILES string of the molecule is COCC(CNC(C)(C)C)N1CC(C)C(N(C)C)C1. The monoisotopic (exact) mass is 271 g/mol. The van der Waals surface area contributed by atoms with Gasteiger partial charge >= 0.3 is 0 Å². The van der Waals surface area contributed by atoms with E-state index in [9.17, 15) is 0 Å². The van der Waals surface area contributed by atoms with E-state index in [-0.39, 0.29) is 5.54 Å². The minimum Gasteiger partial charge on any atom is -0.383 e. The van der Waals surface area contributed by atoms with Crippen molar-refractivity contribution in [2.24, 2.45) is 5.92 Å². The van der Waals surface area contributed by atoms with Crippen LogP contribution in [0.5, 0.6) is 0 Å². The van der Waals surface area contributed by atoms with Gasteiger partial charge in [-0.1, -0.05) is 6.92 Å². The van der Waals surface area contributed by atoms with E-state index in [0.717, 1.165) is 25.6 Å². The van der Waals surface area contributed by atoms with Crippen LogP contribution in [0.2, 0.25) is 0 Å². The number of nitrogens with zero attached hydrogens (tertiary/aromatic N) is 2. The summed E-state index contributed by atoms with van der Waals surface area (Å²) >= 11 is 0. The Labute approximate surface area is 119 Å². The number of likely N-dealkylation sites (tertiary alicyclic amines) is 1. The highest BCUT2D eigenvalue weighted by Crippen LogP contribution is 2.22. The molecule has 1 aliphatic heterocycles. The molecular formula is C15H33N3O. The average molecular weight is 271 g/mol. The fraction of sp³-hybridized carbons (Fsp3) is 1.00. The largest absolute Gasteiger partial charge is 0.383 e. The fourth-order valence-corrected chi connectivity index (χ4v) is 2.87. The summed E-state index contributed by atoms with van der Waals surface area (Å²) in [6.07, 6.45) is 0. The summed E-state index contributed by atoms with van der Waals surface area (Å²) in [6, 6.07) is 1.13. The third-order valence-corrected chi connectivity index (χ3v) is 4.01. The van der Waals surface area contributed by atoms with Gasteiger partial charge in [-0.15, -0.1) is 0 Å². The van der Waals surface area contributed by atoms with E-state index in [1.165, 1.54) is 6.54 Å². The first-order valence-electron chi connectivity index (χ1n) is 7.39. The van der Waals surface area contributed by atoms with E-state index in [2.05, 4.69) is 56.9 Å². The molecule has 0 saturated carbocycles. The van der Waals surface area contributed by atoms with Crippen molar-refractivity contribution in [3.05, 3.63) is 0 Å². The van der Waals surface area contributed by atoms with Gasteiger partial charge in [0.25, 0.3) is 0 Å². The summed E-state index contributed by atoms with van der Waals surface area (Å²) in [6.45, 7) is 13.1. The molecule has 4 heteroatoms. The minimum atomic E-state index is 0.165. The van der Waals surface area contributed by atoms with Crippen molar-refractivity contribution in [1.29, 1.82) is 0 Å². The summed E-state index contributed by atoms with van der Waals surface area (Å²) in [5.74, 6) is 0.726. The molecule has 1 N–H and O–H groups in total. The number of hydrogen-bond acceptors (Lipinski definition) is 4. The Hall–Kier alpha value is -0.160. The summed E-state index contributed by atoms with van der Waals surface area (Å²) in [5.41, 5.74) is 0.165. The molecule has 0 aromatic carbocycles. The number of rotatable bonds is 6. The van der Waals surface area contributed by atoms with E-state index in [0.29, 0.717) is 12.1 Å². The number of ether oxygens (including phenoxy) is 1. The second kappa shape index (κ2) is 7.02. The van der Waals surface area contributed by atoms with Crippen LogP contribution in [0.3, 0.4) is 0 Å². The first-order chi connectivity index (χ1) is 8.74. The molecule has 1 saturated heterocycles. The van der Waals surface area contributed by atoms with Crippen LogP contribution in [0.15, 0.2) is 0 Å². The molecule has 0 spiro atoms. The molecule has 1 heterocycles. The van der Waals surface area contributed by atoms with E-state index < -0.39 is 0 Å². The quantitative estimate of drug-likeness (QED) is 0.787. The normalized spacial score (nSPS) is 27.2. The Balaban J connectivity index is 2.57. The van der Waals surface area contributed by atoms with Crippen LogP contribution in [0.25, 0.3) is 0 Å². The second-order valence-corrected chi connectivity index (χ2v) is 7.20. The lowest BCUT2D eigenvalue weighted by molar-refractivity contribution is 0.0953. The first kappa shape index (κ1) is 16.9. The molecule has 3 unspecified atom stereocenters. The van der Waals surface area contributed by atoms with Crippen molar-refractivity contribution in [3.63, 3.8) is 0 Å². The van der Waals surface area contributed by atoms with Gasteiger partial charge in [0.2, 0.25) is 0 Å². The molecule has 1 fully saturated rings. The number of likely N-dealkylation sites (N-methyl/N-ethyl adjacent to an activating group) is 1. The van der Waals surface area contributed by atoms with E-state index in [1.54, 1.807) is 7.11 Å². The van der Waals surface area contributed by atoms with Gasteiger partial charge in [0, 0.05) is 44.4 Å². The predicted octanol–water partition coefficient (Wildman–Crippen LogP) is 1.27. The third kappa shape index (κ3) is 5.38. The Kier molecular flexibility index (Phi) is 6.24. The second-order valence-electron chi connectivity index (χ2n) is 7.20. The maximum absolute atomic E-state index is 5.42. The molecule has 3 atom stereocenters. The number of hydrogen-bond donors (Lipinski definition) is 1. The van der Waals surface area contributed by atoms with Crippen LogP contribution in [0.1, 0.15) is 27.7 Å². The molecule has 1 aliphatic rings. The molecule has 114 valence electrons. The Bertz CT molecular complexity index is 263. The van der Waals surface area contributed by atoms with Gasteiger partial charge < -0.3 is 15.0 Å². The van der Waals surface area contributed by atoms with Crippen molar-refractivity contribution >= 4 is 0 Å². The Morgan fingerprint density at radius 3 is 2.37 bits per heavy atom. The fourth-order valence-electron chi connectivity index (χ4n) is 2.87. The minimum absolute atomic E-state index is 0.165. The highest BCUT2D eigenvalue weighted by atomic mass is 16.5. The van der Waals surface area contributed by atoms with Crippen molar-refractivity contribution in [2.75, 3.05) is 47.4 Å². The topological polar surface area (TPSA) is 27.7 Å². The van der Waals surface area contributed by atoms with Crippen LogP contribution in [0.4, 0.5) is 0 Å². The zero-order chi connectivity index (χ0) is 14.6. The highest BCUT2D eigenvalue weighted by Gasteiger charge is 2.34. The lowest BCUT2D eigenvalue weighted by Gasteiger charge is -2.31. The highest BCUT2D eigenvalue weighted by molar-refractivity contribution is 4.91. The van der Waals surface area contributed by atoms with E-state index in [4.69, 9.17) is 4.74 Å². The molecule has 4 nitrogen and oxygen atoms in total. The van der Waals surface area contributed by atoms with Gasteiger partial charge in [-0.2, -0.15) is 0 Å². The first-order valence-corrected chi connectivity index (χ1v) is 7.39. The lowest BCUT2D eigenvalue weighted by atomic mass is 10.1. The van der Waals surface area contributed by atoms with Crippen molar-refractivity contribution in [2.45, 2.75) is 45.3 Å². The molecular weight excluding hydrogens is 238 g/mol. The summed E-state index contributed by atoms with van der Waals surface area (Å²) in [7, 11) is 6.17. The van der Waals surface area contributed by atoms with Crippen LogP contribution >= 0.6 is 0 Å². The van der Waals surface area contributed by atoms with Crippen LogP contribution in [0, 0.1) is 5.92 Å². The summed E-state index contributed by atoms with van der Waals surface area (Å²) < 4.78 is 5.42. The zero-order valence-corrected chi connectivity index (χ0v) is 13.9. The average Bonchev–Trinajstić information content (AvgIpc) is 2.65. The molecule has 0 aliphatic carbocycles. The predicted molar refractivity (Wildman–Crippen MR) is 81.6 cm³/mol. The van der Waals surface area contributed by atoms with Crippen LogP contribution < -0.4 is 5.32 Å². The molecule has 0 aromatic heterocycles. The zero-order valence-electron chi connectivity index (χ0n) is 13.9. The van der Waals surface area contributed by atoms with E-state index in [1.807, 2.05) is 0 Å². The maximum atomic E-state index is 5.42. The summed E-state index contributed by atoms with van der Waals surface area (Å²) in [5, 5.41) is 3.61. The van der Waals surface area contributed by atoms with Crippen molar-refractivity contribution < 1.29 is 4.74 Å². The van der Waals surface area contributed by atoms with Gasteiger partial charge in [0.15, 0.2) is 0 Å². The smallest absolute Gasteiger partial charge is 0.0630 e. The number of methoxy groups -OCH3 is 1. The van der Waals surface area contributed by atoms with Crippen molar-refractivity contribution in [1.82, 2.24) is 15.1 Å². The Morgan fingerprint density at radius 2 is 1.95 bits per heavy atom. The van der Waals surface area contributed by atoms with Crippen LogP contribution in [-0.2, 0) is 4.74 Å². The standard InChI is InChI=1S/C15H33N3O/c1-12-9-18(10-14(12)17(5)6)13(11-19-7)8-16-15(2,3)4/h12-14,16H,8-11H2,1-7H3. The third-order valence-electron chi connectivity index (χ3n) is 4.01. The van der Waals surface area contributed by atoms with Gasteiger partial charge in [-0.05, 0) is 40.8 Å².